The molecule has 0 bridgehead atoms. The van der Waals surface area contributed by atoms with Gasteiger partial charge in [0.1, 0.15) is 5.67 Å². The van der Waals surface area contributed by atoms with Crippen LogP contribution in [0.3, 0.4) is 0 Å². The van der Waals surface area contributed by atoms with Gasteiger partial charge in [-0.3, -0.25) is 9.80 Å². The molecule has 0 atom stereocenters. The predicted octanol–water partition coefficient (Wildman–Crippen LogP) is 3.90. The molecule has 3 fully saturated rings. The van der Waals surface area contributed by atoms with Crippen LogP contribution in [0.25, 0.3) is 0 Å². The summed E-state index contributed by atoms with van der Waals surface area (Å²) in [5.74, 6) is 0. The van der Waals surface area contributed by atoms with Gasteiger partial charge in [0.2, 0.25) is 0 Å². The molecule has 0 aromatic rings. The summed E-state index contributed by atoms with van der Waals surface area (Å²) in [6.07, 6.45) is 1.41. The maximum absolute atomic E-state index is 12.8. The number of likely N-dealkylation sites (tertiary alicyclic amines) is 2. The molecule has 0 saturated carbocycles. The number of ether oxygens (including phenoxy) is 1. The highest BCUT2D eigenvalue weighted by molar-refractivity contribution is 4.93. The Balaban J connectivity index is 0.000000357. The fourth-order valence-corrected chi connectivity index (χ4v) is 3.12. The maximum Gasteiger partial charge on any atom is 0.133 e. The van der Waals surface area contributed by atoms with E-state index in [1.54, 1.807) is 6.92 Å². The molecule has 3 saturated heterocycles. The molecule has 0 spiro atoms. The van der Waals surface area contributed by atoms with Crippen LogP contribution in [0.2, 0.25) is 0 Å². The first-order valence-corrected chi connectivity index (χ1v) is 10.1. The van der Waals surface area contributed by atoms with E-state index < -0.39 is 5.67 Å². The quantitative estimate of drug-likeness (QED) is 0.744. The third kappa shape index (κ3) is 9.63. The van der Waals surface area contributed by atoms with Crippen molar-refractivity contribution in [3.8, 4) is 0 Å². The highest BCUT2D eigenvalue weighted by Crippen LogP contribution is 2.25. The molecule has 3 aliphatic rings. The van der Waals surface area contributed by atoms with Crippen LogP contribution in [0, 0.1) is 0 Å². The largest absolute Gasteiger partial charge is 0.379 e. The van der Waals surface area contributed by atoms with Crippen molar-refractivity contribution in [2.75, 3.05) is 52.5 Å². The van der Waals surface area contributed by atoms with Crippen molar-refractivity contribution in [1.82, 2.24) is 14.7 Å². The van der Waals surface area contributed by atoms with Crippen LogP contribution >= 0.6 is 0 Å². The second kappa shape index (κ2) is 12.3. The summed E-state index contributed by atoms with van der Waals surface area (Å²) in [7, 11) is 0. The fourth-order valence-electron chi connectivity index (χ4n) is 3.12. The molecule has 158 valence electrons. The van der Waals surface area contributed by atoms with E-state index in [0.29, 0.717) is 25.2 Å². The van der Waals surface area contributed by atoms with Gasteiger partial charge in [0.05, 0.1) is 13.2 Å². The van der Waals surface area contributed by atoms with Gasteiger partial charge in [-0.25, -0.2) is 4.39 Å². The van der Waals surface area contributed by atoms with Gasteiger partial charge in [0.15, 0.2) is 0 Å². The molecule has 0 aliphatic carbocycles. The van der Waals surface area contributed by atoms with E-state index in [0.717, 1.165) is 32.3 Å². The Hall–Kier alpha value is -0.230. The van der Waals surface area contributed by atoms with E-state index >= 15 is 0 Å². The Bertz CT molecular complexity index is 343. The third-order valence-corrected chi connectivity index (χ3v) is 5.19. The molecule has 0 amide bonds. The number of rotatable bonds is 3. The highest BCUT2D eigenvalue weighted by atomic mass is 19.1. The van der Waals surface area contributed by atoms with Crippen LogP contribution in [0.5, 0.6) is 0 Å². The monoisotopic (exact) mass is 375 g/mol. The first-order valence-electron chi connectivity index (χ1n) is 10.1. The summed E-state index contributed by atoms with van der Waals surface area (Å²) in [5.41, 5.74) is -0.899. The Morgan fingerprint density at radius 1 is 0.731 bits per heavy atom. The fraction of sp³-hybridized carbons (Fsp3) is 1.00. The van der Waals surface area contributed by atoms with Crippen molar-refractivity contribution in [3.63, 3.8) is 0 Å². The Morgan fingerprint density at radius 2 is 1.12 bits per heavy atom. The first kappa shape index (κ1) is 25.8. The molecule has 0 unspecified atom stereocenters. The SMILES string of the molecule is C.CC(C)N1CC(C)(F)C1.CC(C)N1CCC1.CC(C)N1CCOCC1. The van der Waals surface area contributed by atoms with Crippen LogP contribution in [-0.2, 0) is 4.74 Å². The van der Waals surface area contributed by atoms with Crippen LogP contribution in [0.1, 0.15) is 62.3 Å². The van der Waals surface area contributed by atoms with Crippen molar-refractivity contribution < 1.29 is 9.13 Å². The molecule has 0 aromatic heterocycles. The van der Waals surface area contributed by atoms with Gasteiger partial charge in [-0.2, -0.15) is 0 Å². The smallest absolute Gasteiger partial charge is 0.133 e. The van der Waals surface area contributed by atoms with E-state index in [4.69, 9.17) is 4.74 Å². The molecule has 0 radical (unpaired) electrons. The van der Waals surface area contributed by atoms with Crippen LogP contribution < -0.4 is 0 Å². The summed E-state index contributed by atoms with van der Waals surface area (Å²) in [6.45, 7) is 22.7. The van der Waals surface area contributed by atoms with E-state index in [9.17, 15) is 4.39 Å². The zero-order chi connectivity index (χ0) is 19.0. The van der Waals surface area contributed by atoms with Crippen molar-refractivity contribution in [2.24, 2.45) is 0 Å². The second-order valence-corrected chi connectivity index (χ2v) is 8.64. The third-order valence-electron chi connectivity index (χ3n) is 5.19. The lowest BCUT2D eigenvalue weighted by Gasteiger charge is -2.44. The first-order chi connectivity index (χ1) is 11.6. The van der Waals surface area contributed by atoms with Crippen LogP contribution in [-0.4, -0.2) is 91.0 Å². The molecule has 26 heavy (non-hydrogen) atoms. The molecule has 3 rings (SSSR count). The molecule has 0 N–H and O–H groups in total. The number of hydrogen-bond donors (Lipinski definition) is 0. The normalized spacial score (nSPS) is 23.2. The minimum absolute atomic E-state index is 0. The predicted molar refractivity (Wildman–Crippen MR) is 112 cm³/mol. The number of alkyl halides is 1. The minimum atomic E-state index is -0.899. The minimum Gasteiger partial charge on any atom is -0.379 e. The lowest BCUT2D eigenvalue weighted by atomic mass is 9.97. The summed E-state index contributed by atoms with van der Waals surface area (Å²) >= 11 is 0. The standard InChI is InChI=1S/C7H14FN.C7H15NO.C6H13N.CH4/c1-6(2)9-4-7(3,8)5-9;1-7(2)8-3-5-9-6-4-8;1-6(2)7-4-3-5-7;/h6H,4-5H2,1-3H3;7H,3-6H2,1-2H3;6H,3-5H2,1-2H3;1H4. The zero-order valence-electron chi connectivity index (χ0n) is 17.7. The van der Waals surface area contributed by atoms with Crippen LogP contribution in [0.15, 0.2) is 0 Å². The van der Waals surface area contributed by atoms with Crippen molar-refractivity contribution >= 4 is 0 Å². The van der Waals surface area contributed by atoms with Gasteiger partial charge in [0, 0.05) is 44.3 Å². The Morgan fingerprint density at radius 3 is 1.27 bits per heavy atom. The van der Waals surface area contributed by atoms with Crippen molar-refractivity contribution in [2.45, 2.75) is 86.1 Å². The molecular weight excluding hydrogens is 329 g/mol. The van der Waals surface area contributed by atoms with E-state index in [1.807, 2.05) is 0 Å². The lowest BCUT2D eigenvalue weighted by molar-refractivity contribution is -0.0359. The van der Waals surface area contributed by atoms with Gasteiger partial charge in [0.25, 0.3) is 0 Å². The summed E-state index contributed by atoms with van der Waals surface area (Å²) in [6, 6.07) is 1.98. The zero-order valence-corrected chi connectivity index (χ0v) is 17.7. The van der Waals surface area contributed by atoms with E-state index in [-0.39, 0.29) is 7.43 Å². The van der Waals surface area contributed by atoms with E-state index in [2.05, 4.69) is 56.2 Å². The molecule has 3 aliphatic heterocycles. The molecule has 3 heterocycles. The molecular formula is C21H46FN3O. The van der Waals surface area contributed by atoms with Gasteiger partial charge in [-0.1, -0.05) is 7.43 Å². The Kier molecular flexibility index (Phi) is 12.2. The van der Waals surface area contributed by atoms with Crippen LogP contribution in [0.4, 0.5) is 4.39 Å². The number of halogens is 1. The van der Waals surface area contributed by atoms with Gasteiger partial charge in [-0.15, -0.1) is 0 Å². The lowest BCUT2D eigenvalue weighted by Crippen LogP contribution is -2.59. The summed E-state index contributed by atoms with van der Waals surface area (Å²) in [4.78, 5) is 7.03. The number of morpholine rings is 1. The van der Waals surface area contributed by atoms with E-state index in [1.165, 1.54) is 19.5 Å². The maximum atomic E-state index is 12.8. The average molecular weight is 376 g/mol. The molecule has 0 aromatic carbocycles. The number of hydrogen-bond acceptors (Lipinski definition) is 4. The Labute approximate surface area is 163 Å². The summed E-state index contributed by atoms with van der Waals surface area (Å²) < 4.78 is 18.0. The van der Waals surface area contributed by atoms with Crippen molar-refractivity contribution in [3.05, 3.63) is 0 Å². The van der Waals surface area contributed by atoms with Gasteiger partial charge >= 0.3 is 0 Å². The molecule has 5 heteroatoms. The van der Waals surface area contributed by atoms with Gasteiger partial charge < -0.3 is 9.64 Å². The van der Waals surface area contributed by atoms with Crippen molar-refractivity contribution in [1.29, 1.82) is 0 Å². The molecule has 4 nitrogen and oxygen atoms in total. The average Bonchev–Trinajstić information content (AvgIpc) is 2.44. The summed E-state index contributed by atoms with van der Waals surface area (Å²) in [5, 5.41) is 0. The van der Waals surface area contributed by atoms with Gasteiger partial charge in [-0.05, 0) is 68.0 Å². The second-order valence-electron chi connectivity index (χ2n) is 8.64. The highest BCUT2D eigenvalue weighted by Gasteiger charge is 2.39. The topological polar surface area (TPSA) is 19.0 Å². The number of nitrogens with zero attached hydrogens (tertiary/aromatic N) is 3.